The van der Waals surface area contributed by atoms with E-state index in [1.165, 1.54) is 18.5 Å². The van der Waals surface area contributed by atoms with Crippen molar-refractivity contribution in [3.8, 4) is 5.75 Å². The zero-order valence-electron chi connectivity index (χ0n) is 25.9. The van der Waals surface area contributed by atoms with E-state index in [0.29, 0.717) is 29.4 Å². The number of benzene rings is 4. The quantitative estimate of drug-likeness (QED) is 0.140. The molecule has 0 aliphatic carbocycles. The number of ether oxygens (including phenoxy) is 2. The fourth-order valence-corrected chi connectivity index (χ4v) is 7.57. The van der Waals surface area contributed by atoms with Crippen LogP contribution < -0.4 is 10.1 Å². The first-order valence-electron chi connectivity index (χ1n) is 15.1. The molecular weight excluding hydrogens is 683 g/mol. The number of fused-ring (bicyclic) bond motifs is 1. The lowest BCUT2D eigenvalue weighted by Crippen LogP contribution is -2.48. The van der Waals surface area contributed by atoms with Gasteiger partial charge in [-0.3, -0.25) is 4.90 Å². The lowest BCUT2D eigenvalue weighted by Gasteiger charge is -2.40. The van der Waals surface area contributed by atoms with Crippen molar-refractivity contribution in [1.82, 2.24) is 14.9 Å². The van der Waals surface area contributed by atoms with E-state index < -0.39 is 15.4 Å². The Morgan fingerprint density at radius 3 is 2.62 bits per heavy atom. The summed E-state index contributed by atoms with van der Waals surface area (Å²) < 4.78 is 52.5. The zero-order chi connectivity index (χ0) is 33.0. The number of sulfone groups is 1. The fraction of sp³-hybridized carbons (Fsp3) is 0.222. The topological polar surface area (TPSA) is 93.7 Å². The molecule has 11 heteroatoms. The van der Waals surface area contributed by atoms with E-state index in [0.717, 1.165) is 32.2 Å². The van der Waals surface area contributed by atoms with Gasteiger partial charge in [-0.1, -0.05) is 36.4 Å². The van der Waals surface area contributed by atoms with Crippen LogP contribution in [0.5, 0.6) is 5.75 Å². The highest BCUT2D eigenvalue weighted by Crippen LogP contribution is 2.41. The van der Waals surface area contributed by atoms with Gasteiger partial charge in [0.25, 0.3) is 0 Å². The summed E-state index contributed by atoms with van der Waals surface area (Å²) in [7, 11) is -1.51. The summed E-state index contributed by atoms with van der Waals surface area (Å²) in [6, 6.07) is 26.3. The van der Waals surface area contributed by atoms with Crippen molar-refractivity contribution in [3.63, 3.8) is 0 Å². The van der Waals surface area contributed by atoms with Gasteiger partial charge in [0.05, 0.1) is 32.9 Å². The molecule has 2 heterocycles. The first-order valence-corrected chi connectivity index (χ1v) is 17.6. The van der Waals surface area contributed by atoms with Crippen LogP contribution in [0.1, 0.15) is 24.5 Å². The minimum Gasteiger partial charge on any atom is -0.489 e. The molecular formula is C36H34BrFN4O4S. The normalized spacial score (nSPS) is 16.7. The summed E-state index contributed by atoms with van der Waals surface area (Å²) in [6.45, 7) is 2.63. The van der Waals surface area contributed by atoms with Crippen molar-refractivity contribution in [2.75, 3.05) is 24.7 Å². The third kappa shape index (κ3) is 7.17. The molecule has 0 amide bonds. The van der Waals surface area contributed by atoms with Gasteiger partial charge in [-0.2, -0.15) is 0 Å². The molecule has 1 aromatic heterocycles. The minimum absolute atomic E-state index is 0.00874. The van der Waals surface area contributed by atoms with Gasteiger partial charge in [0.1, 0.15) is 30.3 Å². The maximum atomic E-state index is 13.6. The van der Waals surface area contributed by atoms with E-state index in [1.807, 2.05) is 60.5 Å². The molecule has 0 radical (unpaired) electrons. The van der Waals surface area contributed by atoms with Gasteiger partial charge in [-0.05, 0) is 102 Å². The molecule has 1 aliphatic heterocycles. The van der Waals surface area contributed by atoms with Crippen molar-refractivity contribution in [1.29, 1.82) is 0 Å². The minimum atomic E-state index is -3.43. The van der Waals surface area contributed by atoms with Crippen LogP contribution in [0.4, 0.5) is 15.9 Å². The third-order valence-electron chi connectivity index (χ3n) is 8.55. The van der Waals surface area contributed by atoms with Crippen LogP contribution >= 0.6 is 15.9 Å². The molecule has 0 saturated heterocycles. The van der Waals surface area contributed by atoms with E-state index in [-0.39, 0.29) is 24.2 Å². The summed E-state index contributed by atoms with van der Waals surface area (Å²) in [4.78, 5) is 11.4. The second kappa shape index (κ2) is 13.8. The first kappa shape index (κ1) is 32.6. The molecule has 242 valence electrons. The molecule has 4 aromatic carbocycles. The predicted molar refractivity (Wildman–Crippen MR) is 185 cm³/mol. The number of anilines is 2. The Hall–Kier alpha value is -4.32. The molecule has 0 spiro atoms. The molecule has 1 aliphatic rings. The van der Waals surface area contributed by atoms with E-state index in [4.69, 9.17) is 9.47 Å². The van der Waals surface area contributed by atoms with Gasteiger partial charge < -0.3 is 14.8 Å². The fourth-order valence-electron chi connectivity index (χ4n) is 5.74. The Balaban J connectivity index is 1.21. The first-order chi connectivity index (χ1) is 22.6. The second-order valence-electron chi connectivity index (χ2n) is 11.5. The molecule has 5 aromatic rings. The highest BCUT2D eigenvalue weighted by atomic mass is 79.9. The summed E-state index contributed by atoms with van der Waals surface area (Å²) >= 11 is 3.59. The maximum absolute atomic E-state index is 13.6. The van der Waals surface area contributed by atoms with Gasteiger partial charge >= 0.3 is 0 Å². The van der Waals surface area contributed by atoms with E-state index in [2.05, 4.69) is 38.1 Å². The van der Waals surface area contributed by atoms with E-state index >= 15 is 0 Å². The van der Waals surface area contributed by atoms with Crippen molar-refractivity contribution in [2.24, 2.45) is 0 Å². The Kier molecular flexibility index (Phi) is 9.58. The third-order valence-corrected chi connectivity index (χ3v) is 10.9. The number of nitrogens with zero attached hydrogens (tertiary/aromatic N) is 3. The van der Waals surface area contributed by atoms with Crippen molar-refractivity contribution in [3.05, 3.63) is 131 Å². The Morgan fingerprint density at radius 1 is 1.04 bits per heavy atom. The Morgan fingerprint density at radius 2 is 1.87 bits per heavy atom. The van der Waals surface area contributed by atoms with Crippen LogP contribution in [0.3, 0.4) is 0 Å². The average molecular weight is 718 g/mol. The lowest BCUT2D eigenvalue weighted by molar-refractivity contribution is -0.0307. The lowest BCUT2D eigenvalue weighted by atomic mass is 9.83. The standard InChI is InChI=1S/C36H34BrFN4O4S/c1-25(42(2)17-19-47(43,44)30-10-4-3-5-11-30)36(16-7-18-46-36)27-12-14-33-31(21-27)35(40-24-39-33)41-29-13-15-34(32(37)22-29)45-23-26-8-6-9-28(38)20-26/h3-15,18,20-22,24-25H,16-17,19,23H2,1-2H3,(H,39,40,41). The largest absolute Gasteiger partial charge is 0.489 e. The van der Waals surface area contributed by atoms with Crippen molar-refractivity contribution >= 4 is 48.2 Å². The number of aromatic nitrogens is 2. The molecule has 1 N–H and O–H groups in total. The predicted octanol–water partition coefficient (Wildman–Crippen LogP) is 7.78. The van der Waals surface area contributed by atoms with Crippen molar-refractivity contribution < 1.29 is 22.3 Å². The van der Waals surface area contributed by atoms with Gasteiger partial charge in [-0.15, -0.1) is 0 Å². The molecule has 2 atom stereocenters. The zero-order valence-corrected chi connectivity index (χ0v) is 28.3. The maximum Gasteiger partial charge on any atom is 0.179 e. The number of halogens is 2. The Labute approximate surface area is 282 Å². The molecule has 2 unspecified atom stereocenters. The highest BCUT2D eigenvalue weighted by molar-refractivity contribution is 9.10. The molecule has 0 fully saturated rings. The van der Waals surface area contributed by atoms with Gasteiger partial charge in [0.15, 0.2) is 15.4 Å². The van der Waals surface area contributed by atoms with E-state index in [1.54, 1.807) is 42.7 Å². The van der Waals surface area contributed by atoms with Crippen LogP contribution in [0.2, 0.25) is 0 Å². The smallest absolute Gasteiger partial charge is 0.179 e. The van der Waals surface area contributed by atoms with Gasteiger partial charge in [0.2, 0.25) is 0 Å². The molecule has 6 rings (SSSR count). The van der Waals surface area contributed by atoms with Gasteiger partial charge in [0, 0.05) is 24.0 Å². The molecule has 47 heavy (non-hydrogen) atoms. The molecule has 0 saturated carbocycles. The summed E-state index contributed by atoms with van der Waals surface area (Å²) in [6.07, 6.45) is 5.84. The number of hydrogen-bond acceptors (Lipinski definition) is 8. The summed E-state index contributed by atoms with van der Waals surface area (Å²) in [5, 5.41) is 4.22. The van der Waals surface area contributed by atoms with Crippen LogP contribution in [-0.4, -0.2) is 48.7 Å². The van der Waals surface area contributed by atoms with Crippen molar-refractivity contribution in [2.45, 2.75) is 36.5 Å². The highest BCUT2D eigenvalue weighted by Gasteiger charge is 2.43. The van der Waals surface area contributed by atoms with Crippen LogP contribution in [0.25, 0.3) is 10.9 Å². The summed E-state index contributed by atoms with van der Waals surface area (Å²) in [5.41, 5.74) is 2.47. The average Bonchev–Trinajstić information content (AvgIpc) is 3.58. The number of likely N-dealkylation sites (N-methyl/N-ethyl adjacent to an activating group) is 1. The Bertz CT molecular complexity index is 2020. The molecule has 0 bridgehead atoms. The molecule has 8 nitrogen and oxygen atoms in total. The van der Waals surface area contributed by atoms with Gasteiger partial charge in [-0.25, -0.2) is 22.8 Å². The van der Waals surface area contributed by atoms with Crippen LogP contribution in [-0.2, 0) is 26.8 Å². The van der Waals surface area contributed by atoms with Crippen LogP contribution in [0, 0.1) is 5.82 Å². The number of hydrogen-bond donors (Lipinski definition) is 1. The second-order valence-corrected chi connectivity index (χ2v) is 14.5. The number of rotatable bonds is 12. The number of nitrogens with one attached hydrogen (secondary N) is 1. The SMILES string of the molecule is CC(N(C)CCS(=O)(=O)c1ccccc1)C1(c2ccc3ncnc(Nc4ccc(OCc5cccc(F)c5)c(Br)c4)c3c2)CC=CO1. The van der Waals surface area contributed by atoms with E-state index in [9.17, 15) is 12.8 Å². The monoisotopic (exact) mass is 716 g/mol. The van der Waals surface area contributed by atoms with Crippen LogP contribution in [0.15, 0.2) is 119 Å². The summed E-state index contributed by atoms with van der Waals surface area (Å²) in [5.74, 6) is 0.929.